The average molecular weight is 156 g/mol. The van der Waals surface area contributed by atoms with Crippen molar-refractivity contribution in [1.82, 2.24) is 0 Å². The van der Waals surface area contributed by atoms with E-state index in [0.717, 1.165) is 13.2 Å². The molecule has 0 aliphatic heterocycles. The molecule has 0 aromatic rings. The van der Waals surface area contributed by atoms with Crippen LogP contribution in [0.5, 0.6) is 0 Å². The molecule has 0 unspecified atom stereocenters. The fourth-order valence-electron chi connectivity index (χ4n) is 0.204. The maximum atomic E-state index is 8.74. The molecule has 0 aromatic heterocycles. The molecule has 5 heteroatoms. The molecule has 0 heterocycles. The zero-order valence-corrected chi connectivity index (χ0v) is 6.63. The predicted molar refractivity (Wildman–Crippen MR) is 35.6 cm³/mol. The molecule has 9 heavy (non-hydrogen) atoms. The highest BCUT2D eigenvalue weighted by molar-refractivity contribution is 7.30. The topological polar surface area (TPSA) is 66.8 Å². The van der Waals surface area contributed by atoms with Crippen molar-refractivity contribution in [3.8, 4) is 0 Å². The van der Waals surface area contributed by atoms with Crippen molar-refractivity contribution >= 4 is 8.25 Å². The van der Waals surface area contributed by atoms with Crippen LogP contribution in [0.15, 0.2) is 0 Å². The van der Waals surface area contributed by atoms with Crippen LogP contribution in [0.25, 0.3) is 0 Å². The lowest BCUT2D eigenvalue weighted by Crippen LogP contribution is -1.84. The summed E-state index contributed by atoms with van der Waals surface area (Å²) in [7, 11) is -3.13. The summed E-state index contributed by atoms with van der Waals surface area (Å²) in [5.41, 5.74) is 0. The van der Waals surface area contributed by atoms with Gasteiger partial charge in [-0.3, -0.25) is 4.57 Å². The molecule has 0 spiro atoms. The van der Waals surface area contributed by atoms with E-state index < -0.39 is 8.25 Å². The predicted octanol–water partition coefficient (Wildman–Crippen LogP) is 0.404. The van der Waals surface area contributed by atoms with Gasteiger partial charge < -0.3 is 14.5 Å². The second-order valence-corrected chi connectivity index (χ2v) is 1.63. The van der Waals surface area contributed by atoms with E-state index in [0.29, 0.717) is 0 Å². The molecule has 0 radical (unpaired) electrons. The Kier molecular flexibility index (Phi) is 14.5. The third-order valence-corrected chi connectivity index (χ3v) is 0.408. The van der Waals surface area contributed by atoms with Gasteiger partial charge in [0.05, 0.1) is 0 Å². The molecule has 0 saturated heterocycles. The molecule has 0 aromatic carbocycles. The smallest absolute Gasteiger partial charge is 0.314 e. The van der Waals surface area contributed by atoms with E-state index >= 15 is 0 Å². The van der Waals surface area contributed by atoms with Gasteiger partial charge in [-0.15, -0.1) is 0 Å². The first-order valence-electron chi connectivity index (χ1n) is 2.64. The van der Waals surface area contributed by atoms with Gasteiger partial charge in [0.1, 0.15) is 0 Å². The summed E-state index contributed by atoms with van der Waals surface area (Å²) in [6, 6.07) is 0. The van der Waals surface area contributed by atoms with Gasteiger partial charge in [-0.25, -0.2) is 0 Å². The van der Waals surface area contributed by atoms with E-state index in [9.17, 15) is 0 Å². The summed E-state index contributed by atoms with van der Waals surface area (Å²) < 4.78 is 13.6. The van der Waals surface area contributed by atoms with Crippen LogP contribution in [-0.4, -0.2) is 23.0 Å². The quantitative estimate of drug-likeness (QED) is 0.568. The van der Waals surface area contributed by atoms with Gasteiger partial charge in [0.15, 0.2) is 0 Å². The number of hydrogen-bond acceptors (Lipinski definition) is 2. The first-order valence-corrected chi connectivity index (χ1v) is 3.95. The Labute approximate surface area is 55.4 Å². The van der Waals surface area contributed by atoms with Crippen LogP contribution in [0.1, 0.15) is 13.8 Å². The highest BCUT2D eigenvalue weighted by atomic mass is 31.1. The maximum absolute atomic E-state index is 8.74. The number of hydrogen-bond donors (Lipinski definition) is 2. The van der Waals surface area contributed by atoms with E-state index in [2.05, 4.69) is 0 Å². The zero-order valence-electron chi connectivity index (χ0n) is 5.63. The Hall–Kier alpha value is 0.110. The molecule has 4 nitrogen and oxygen atoms in total. The number of ether oxygens (including phenoxy) is 1. The molecule has 0 atom stereocenters. The molecular formula is C4H13O4P. The van der Waals surface area contributed by atoms with E-state index in [1.165, 1.54) is 0 Å². The van der Waals surface area contributed by atoms with Crippen molar-refractivity contribution in [2.45, 2.75) is 13.8 Å². The molecule has 0 fully saturated rings. The first-order chi connectivity index (χ1) is 4.15. The molecule has 0 bridgehead atoms. The fraction of sp³-hybridized carbons (Fsp3) is 1.00. The van der Waals surface area contributed by atoms with E-state index in [1.54, 1.807) is 0 Å². The second-order valence-electron chi connectivity index (χ2n) is 1.06. The van der Waals surface area contributed by atoms with Gasteiger partial charge in [-0.1, -0.05) is 0 Å². The minimum Gasteiger partial charge on any atom is -0.382 e. The lowest BCUT2D eigenvalue weighted by Gasteiger charge is -1.86. The molecule has 58 valence electrons. The van der Waals surface area contributed by atoms with Crippen molar-refractivity contribution < 1.29 is 19.1 Å². The summed E-state index contributed by atoms with van der Waals surface area (Å²) >= 11 is 0. The first kappa shape index (κ1) is 11.9. The van der Waals surface area contributed by atoms with Crippen molar-refractivity contribution in [1.29, 1.82) is 0 Å². The molecule has 2 N–H and O–H groups in total. The standard InChI is InChI=1S/C4H10O.H3O3P/c1-3-5-4-2;1-4(2)3/h3-4H2,1-2H3;4H,(H2,1,2,3). The Morgan fingerprint density at radius 2 is 1.56 bits per heavy atom. The van der Waals surface area contributed by atoms with Crippen LogP contribution >= 0.6 is 8.25 Å². The van der Waals surface area contributed by atoms with E-state index in [1.807, 2.05) is 13.8 Å². The molecule has 0 amide bonds. The van der Waals surface area contributed by atoms with Crippen molar-refractivity contribution in [2.75, 3.05) is 13.2 Å². The Morgan fingerprint density at radius 3 is 1.56 bits per heavy atom. The van der Waals surface area contributed by atoms with Gasteiger partial charge in [0.25, 0.3) is 0 Å². The maximum Gasteiger partial charge on any atom is 0.314 e. The highest BCUT2D eigenvalue weighted by Crippen LogP contribution is 1.98. The molecular weight excluding hydrogens is 143 g/mol. The SMILES string of the molecule is CCOCC.O=[PH](O)O. The molecule has 0 aliphatic rings. The van der Waals surface area contributed by atoms with Crippen LogP contribution in [0.2, 0.25) is 0 Å². The third-order valence-electron chi connectivity index (χ3n) is 0.408. The Morgan fingerprint density at radius 1 is 1.33 bits per heavy atom. The highest BCUT2D eigenvalue weighted by Gasteiger charge is 1.64. The normalized spacial score (nSPS) is 8.56. The van der Waals surface area contributed by atoms with Crippen molar-refractivity contribution in [2.24, 2.45) is 0 Å². The van der Waals surface area contributed by atoms with Crippen molar-refractivity contribution in [3.63, 3.8) is 0 Å². The summed E-state index contributed by atoms with van der Waals surface area (Å²) in [5.74, 6) is 0. The van der Waals surface area contributed by atoms with E-state index in [4.69, 9.17) is 19.1 Å². The largest absolute Gasteiger partial charge is 0.382 e. The summed E-state index contributed by atoms with van der Waals surface area (Å²) in [6.45, 7) is 5.67. The summed E-state index contributed by atoms with van der Waals surface area (Å²) in [6.07, 6.45) is 0. The van der Waals surface area contributed by atoms with Crippen LogP contribution in [0, 0.1) is 0 Å². The van der Waals surface area contributed by atoms with Crippen LogP contribution in [0.4, 0.5) is 0 Å². The lowest BCUT2D eigenvalue weighted by atomic mass is 10.8. The minimum absolute atomic E-state index is 0.844. The number of rotatable bonds is 2. The minimum atomic E-state index is -3.13. The molecule has 0 rings (SSSR count). The summed E-state index contributed by atoms with van der Waals surface area (Å²) in [4.78, 5) is 14.3. The summed E-state index contributed by atoms with van der Waals surface area (Å²) in [5, 5.41) is 0. The zero-order chi connectivity index (χ0) is 7.70. The second kappa shape index (κ2) is 11.0. The van der Waals surface area contributed by atoms with E-state index in [-0.39, 0.29) is 0 Å². The van der Waals surface area contributed by atoms with Crippen LogP contribution in [0.3, 0.4) is 0 Å². The average Bonchev–Trinajstić information content (AvgIpc) is 1.66. The Bertz CT molecular complexity index is 59.6. The lowest BCUT2D eigenvalue weighted by molar-refractivity contribution is 0.162. The molecule has 0 aliphatic carbocycles. The van der Waals surface area contributed by atoms with Crippen molar-refractivity contribution in [3.05, 3.63) is 0 Å². The van der Waals surface area contributed by atoms with Crippen LogP contribution in [-0.2, 0) is 9.30 Å². The Balaban J connectivity index is 0. The fourth-order valence-corrected chi connectivity index (χ4v) is 0.204. The van der Waals surface area contributed by atoms with Gasteiger partial charge in [-0.2, -0.15) is 0 Å². The third kappa shape index (κ3) is 68.0. The van der Waals surface area contributed by atoms with Gasteiger partial charge in [0.2, 0.25) is 0 Å². The van der Waals surface area contributed by atoms with Gasteiger partial charge in [-0.05, 0) is 13.8 Å². The monoisotopic (exact) mass is 156 g/mol. The van der Waals surface area contributed by atoms with Gasteiger partial charge in [0, 0.05) is 13.2 Å². The van der Waals surface area contributed by atoms with Crippen LogP contribution < -0.4 is 0 Å². The molecule has 0 saturated carbocycles. The van der Waals surface area contributed by atoms with Gasteiger partial charge >= 0.3 is 8.25 Å².